The maximum atomic E-state index is 15.1. The van der Waals surface area contributed by atoms with Crippen molar-refractivity contribution in [3.63, 3.8) is 0 Å². The van der Waals surface area contributed by atoms with Crippen molar-refractivity contribution in [3.8, 4) is 0 Å². The number of nitrogens with zero attached hydrogens (tertiary/aromatic N) is 4. The Morgan fingerprint density at radius 2 is 1.68 bits per heavy atom. The second-order valence-electron chi connectivity index (χ2n) is 11.2. The van der Waals surface area contributed by atoms with Crippen molar-refractivity contribution in [2.45, 2.75) is 29.1 Å². The van der Waals surface area contributed by atoms with E-state index in [0.717, 1.165) is 16.9 Å². The zero-order valence-corrected chi connectivity index (χ0v) is 27.0. The third kappa shape index (κ3) is 4.45. The first-order chi connectivity index (χ1) is 22.8. The highest BCUT2D eigenvalue weighted by atomic mass is 35.5. The predicted molar refractivity (Wildman–Crippen MR) is 180 cm³/mol. The fraction of sp³-hybridized carbons (Fsp3) is 0.114. The maximum Gasteiger partial charge on any atom is 0.297 e. The Labute approximate surface area is 280 Å². The number of carbonyl (C=O) groups excluding carboxylic acids is 2. The van der Waals surface area contributed by atoms with Gasteiger partial charge >= 0.3 is 0 Å². The molecule has 4 heterocycles. The van der Waals surface area contributed by atoms with Crippen molar-refractivity contribution in [2.75, 3.05) is 9.80 Å². The summed E-state index contributed by atoms with van der Waals surface area (Å²) in [4.78, 5) is 46.9. The number of carbonyl (C=O) groups is 2. The molecule has 0 bridgehead atoms. The number of para-hydroxylation sites is 1. The fourth-order valence-electron chi connectivity index (χ4n) is 6.34. The summed E-state index contributed by atoms with van der Waals surface area (Å²) in [7, 11) is 0. The first-order valence-corrected chi connectivity index (χ1v) is 16.7. The summed E-state index contributed by atoms with van der Waals surface area (Å²) in [6, 6.07) is 25.8. The van der Waals surface area contributed by atoms with E-state index < -0.39 is 22.8 Å². The first kappa shape index (κ1) is 29.6. The van der Waals surface area contributed by atoms with Crippen LogP contribution in [0.5, 0.6) is 0 Å². The lowest BCUT2D eigenvalue weighted by atomic mass is 9.84. The molecule has 6 aromatic rings. The Hall–Kier alpha value is -4.84. The Morgan fingerprint density at radius 1 is 0.936 bits per heavy atom. The van der Waals surface area contributed by atoms with Gasteiger partial charge < -0.3 is 9.32 Å². The van der Waals surface area contributed by atoms with Crippen LogP contribution in [0.25, 0.3) is 11.0 Å². The lowest BCUT2D eigenvalue weighted by molar-refractivity contribution is -0.121. The average molecular weight is 681 g/mol. The maximum absolute atomic E-state index is 15.1. The summed E-state index contributed by atoms with van der Waals surface area (Å²) in [5.41, 5.74) is 0.684. The van der Waals surface area contributed by atoms with Gasteiger partial charge in [-0.25, -0.2) is 4.39 Å². The number of thioether (sulfide) groups is 1. The highest BCUT2D eigenvalue weighted by Gasteiger charge is 2.66. The molecule has 1 spiro atoms. The van der Waals surface area contributed by atoms with E-state index in [9.17, 15) is 14.0 Å². The van der Waals surface area contributed by atoms with E-state index in [4.69, 9.17) is 16.0 Å². The van der Waals surface area contributed by atoms with Crippen LogP contribution in [0, 0.1) is 12.7 Å². The molecule has 8 rings (SSSR count). The monoisotopic (exact) mass is 680 g/mol. The van der Waals surface area contributed by atoms with Crippen LogP contribution in [0.3, 0.4) is 0 Å². The minimum atomic E-state index is -1.93. The Balaban J connectivity index is 1.33. The molecule has 4 aromatic carbocycles. The molecule has 12 heteroatoms. The second kappa shape index (κ2) is 11.2. The van der Waals surface area contributed by atoms with Gasteiger partial charge in [0.15, 0.2) is 15.3 Å². The minimum Gasteiger partial charge on any atom is -0.450 e. The molecule has 232 valence electrons. The molecule has 2 aliphatic heterocycles. The quantitative estimate of drug-likeness (QED) is 0.133. The molecular formula is C35H22ClFN4O4S2. The minimum absolute atomic E-state index is 0.0736. The van der Waals surface area contributed by atoms with Crippen LogP contribution in [-0.4, -0.2) is 22.0 Å². The van der Waals surface area contributed by atoms with Crippen molar-refractivity contribution in [3.05, 3.63) is 146 Å². The van der Waals surface area contributed by atoms with Crippen molar-refractivity contribution >= 4 is 68.3 Å². The Morgan fingerprint density at radius 3 is 2.49 bits per heavy atom. The number of rotatable bonds is 6. The van der Waals surface area contributed by atoms with Gasteiger partial charge in [-0.05, 0) is 48.4 Å². The van der Waals surface area contributed by atoms with Gasteiger partial charge in [0.2, 0.25) is 10.9 Å². The smallest absolute Gasteiger partial charge is 0.297 e. The van der Waals surface area contributed by atoms with Crippen molar-refractivity contribution in [2.24, 2.45) is 0 Å². The molecule has 0 aliphatic carbocycles. The third-order valence-electron chi connectivity index (χ3n) is 8.46. The molecule has 0 fully saturated rings. The lowest BCUT2D eigenvalue weighted by Gasteiger charge is -2.32. The fourth-order valence-corrected chi connectivity index (χ4v) is 8.41. The summed E-state index contributed by atoms with van der Waals surface area (Å²) in [5, 5.41) is 9.47. The van der Waals surface area contributed by atoms with Gasteiger partial charge in [-0.2, -0.15) is 0 Å². The third-order valence-corrected chi connectivity index (χ3v) is 10.9. The van der Waals surface area contributed by atoms with E-state index in [1.807, 2.05) is 19.1 Å². The van der Waals surface area contributed by atoms with Crippen LogP contribution in [0.15, 0.2) is 105 Å². The number of aryl methyl sites for hydroxylation is 1. The molecule has 1 unspecified atom stereocenters. The van der Waals surface area contributed by atoms with Crippen molar-refractivity contribution < 1.29 is 18.4 Å². The molecule has 2 aromatic heterocycles. The Bertz CT molecular complexity index is 2340. The summed E-state index contributed by atoms with van der Waals surface area (Å²) >= 11 is 8.87. The van der Waals surface area contributed by atoms with Gasteiger partial charge in [0.05, 0.1) is 23.2 Å². The number of halogens is 2. The van der Waals surface area contributed by atoms with Crippen molar-refractivity contribution in [1.29, 1.82) is 0 Å². The number of amides is 2. The molecule has 1 atom stereocenters. The largest absolute Gasteiger partial charge is 0.450 e. The van der Waals surface area contributed by atoms with E-state index in [1.165, 1.54) is 22.7 Å². The number of aromatic nitrogens is 2. The van der Waals surface area contributed by atoms with E-state index in [1.54, 1.807) is 77.7 Å². The normalized spacial score (nSPS) is 16.8. The molecular weight excluding hydrogens is 659 g/mol. The van der Waals surface area contributed by atoms with Gasteiger partial charge in [0.1, 0.15) is 11.4 Å². The van der Waals surface area contributed by atoms with Crippen LogP contribution >= 0.6 is 34.7 Å². The van der Waals surface area contributed by atoms with E-state index >= 15 is 4.79 Å². The average Bonchev–Trinajstić information content (AvgIpc) is 3.71. The molecule has 2 amide bonds. The molecule has 8 nitrogen and oxygen atoms in total. The van der Waals surface area contributed by atoms with Crippen LogP contribution in [-0.2, 0) is 22.6 Å². The zero-order chi connectivity index (χ0) is 32.4. The van der Waals surface area contributed by atoms with Gasteiger partial charge in [0.25, 0.3) is 11.8 Å². The number of fused-ring (bicyclic) bond motifs is 5. The van der Waals surface area contributed by atoms with Gasteiger partial charge in [0, 0.05) is 16.3 Å². The number of anilines is 2. The number of benzene rings is 4. The standard InChI is InChI=1S/C35H22ClFN4O4S2/c1-19-14-15-27-22(16-19)29(42)28-30(45-27)31(43)41(33-38-39-34(47-33)46-18-21-9-3-6-12-25(21)37)35(28)23-10-4-7-13-26(23)40(32(35)44)17-20-8-2-5-11-24(20)36/h2-16H,17-18H2,1H3. The summed E-state index contributed by atoms with van der Waals surface area (Å²) in [5.74, 6) is -1.51. The van der Waals surface area contributed by atoms with Crippen LogP contribution in [0.1, 0.15) is 38.4 Å². The summed E-state index contributed by atoms with van der Waals surface area (Å²) < 4.78 is 21.0. The second-order valence-corrected chi connectivity index (χ2v) is 13.8. The number of hydrogen-bond acceptors (Lipinski definition) is 8. The van der Waals surface area contributed by atoms with Crippen LogP contribution in [0.4, 0.5) is 15.2 Å². The van der Waals surface area contributed by atoms with E-state index in [2.05, 4.69) is 10.2 Å². The summed E-state index contributed by atoms with van der Waals surface area (Å²) in [6.07, 6.45) is 0. The predicted octanol–water partition coefficient (Wildman–Crippen LogP) is 7.49. The molecule has 0 saturated heterocycles. The lowest BCUT2D eigenvalue weighted by Crippen LogP contribution is -2.53. The topological polar surface area (TPSA) is 96.6 Å². The van der Waals surface area contributed by atoms with Gasteiger partial charge in [-0.15, -0.1) is 10.2 Å². The van der Waals surface area contributed by atoms with Crippen LogP contribution in [0.2, 0.25) is 5.02 Å². The SMILES string of the molecule is Cc1ccc2oc3c(c(=O)c2c1)C1(C(=O)N(Cc2ccccc2Cl)c2ccccc21)N(c1nnc(SCc2ccccc2F)s1)C3=O. The molecule has 0 radical (unpaired) electrons. The Kier molecular flexibility index (Phi) is 7.01. The zero-order valence-electron chi connectivity index (χ0n) is 24.6. The molecule has 47 heavy (non-hydrogen) atoms. The molecule has 0 N–H and O–H groups in total. The number of hydrogen-bond donors (Lipinski definition) is 0. The first-order valence-electron chi connectivity index (χ1n) is 14.6. The van der Waals surface area contributed by atoms with Gasteiger partial charge in [-0.1, -0.05) is 101 Å². The highest BCUT2D eigenvalue weighted by Crippen LogP contribution is 2.55. The van der Waals surface area contributed by atoms with Gasteiger partial charge in [-0.3, -0.25) is 19.3 Å². The molecule has 0 saturated carbocycles. The van der Waals surface area contributed by atoms with Crippen molar-refractivity contribution in [1.82, 2.24) is 10.2 Å². The highest BCUT2D eigenvalue weighted by molar-refractivity contribution is 8.00. The van der Waals surface area contributed by atoms with E-state index in [-0.39, 0.29) is 45.5 Å². The van der Waals surface area contributed by atoms with Crippen LogP contribution < -0.4 is 15.2 Å². The summed E-state index contributed by atoms with van der Waals surface area (Å²) in [6.45, 7) is 1.94. The molecule has 2 aliphatic rings. The van der Waals surface area contributed by atoms with E-state index in [0.29, 0.717) is 31.7 Å².